The number of hydrogen-bond donors (Lipinski definition) is 1. The second-order valence-electron chi connectivity index (χ2n) is 6.45. The molecule has 0 saturated carbocycles. The van der Waals surface area contributed by atoms with Crippen LogP contribution in [0.15, 0.2) is 34.9 Å². The number of nitrogens with zero attached hydrogens (tertiary/aromatic N) is 1. The molecule has 0 radical (unpaired) electrons. The Labute approximate surface area is 137 Å². The van der Waals surface area contributed by atoms with Gasteiger partial charge in [-0.05, 0) is 31.0 Å². The molecule has 0 aliphatic rings. The molecule has 1 aromatic carbocycles. The van der Waals surface area contributed by atoms with E-state index in [0.717, 1.165) is 17.1 Å². The molecular formula is C18H24N2O3. The highest BCUT2D eigenvalue weighted by atomic mass is 16.5. The van der Waals surface area contributed by atoms with E-state index in [1.54, 1.807) is 6.07 Å². The van der Waals surface area contributed by atoms with Crippen LogP contribution >= 0.6 is 0 Å². The smallest absolute Gasteiger partial charge is 0.225 e. The van der Waals surface area contributed by atoms with Crippen LogP contribution in [0.3, 0.4) is 0 Å². The maximum Gasteiger partial charge on any atom is 0.225 e. The molecule has 23 heavy (non-hydrogen) atoms. The van der Waals surface area contributed by atoms with Crippen molar-refractivity contribution in [1.29, 1.82) is 0 Å². The number of carbonyl (C=O) groups excluding carboxylic acids is 1. The summed E-state index contributed by atoms with van der Waals surface area (Å²) in [6.07, 6.45) is 1.06. The molecule has 0 aliphatic heterocycles. The molecule has 0 aliphatic carbocycles. The minimum atomic E-state index is -0.127. The zero-order valence-electron chi connectivity index (χ0n) is 14.2. The van der Waals surface area contributed by atoms with E-state index in [2.05, 4.69) is 10.5 Å². The number of hydrogen-bond acceptors (Lipinski definition) is 4. The van der Waals surface area contributed by atoms with Crippen molar-refractivity contribution < 1.29 is 14.1 Å². The van der Waals surface area contributed by atoms with E-state index in [1.165, 1.54) is 0 Å². The summed E-state index contributed by atoms with van der Waals surface area (Å²) < 4.78 is 10.6. The average Bonchev–Trinajstić information content (AvgIpc) is 2.95. The molecule has 1 N–H and O–H groups in total. The van der Waals surface area contributed by atoms with Gasteiger partial charge in [0.05, 0.1) is 6.61 Å². The Balaban J connectivity index is 1.84. The number of amides is 1. The van der Waals surface area contributed by atoms with Crippen LogP contribution in [0.25, 0.3) is 0 Å². The number of rotatable bonds is 6. The number of ether oxygens (including phenoxy) is 1. The molecule has 1 aromatic heterocycles. The summed E-state index contributed by atoms with van der Waals surface area (Å²) in [5.41, 5.74) is 0.970. The van der Waals surface area contributed by atoms with Crippen molar-refractivity contribution >= 4 is 11.7 Å². The average molecular weight is 316 g/mol. The number of carbonyl (C=O) groups is 1. The van der Waals surface area contributed by atoms with E-state index in [4.69, 9.17) is 9.26 Å². The molecule has 5 nitrogen and oxygen atoms in total. The molecule has 2 rings (SSSR count). The third kappa shape index (κ3) is 5.13. The lowest BCUT2D eigenvalue weighted by molar-refractivity contribution is -0.116. The highest BCUT2D eigenvalue weighted by Crippen LogP contribution is 2.24. The van der Waals surface area contributed by atoms with Crippen LogP contribution < -0.4 is 10.1 Å². The van der Waals surface area contributed by atoms with Gasteiger partial charge in [0, 0.05) is 17.9 Å². The molecule has 1 amide bonds. The standard InChI is InChI=1S/C18H24N2O3/c1-5-22-14-9-6-13(7-10-14)8-11-17(21)19-16-12-15(23-20-16)18(2,3)4/h6-7,9-10,12H,5,8,11H2,1-4H3,(H,19,20,21). The fraction of sp³-hybridized carbons (Fsp3) is 0.444. The highest BCUT2D eigenvalue weighted by molar-refractivity contribution is 5.89. The maximum atomic E-state index is 12.0. The van der Waals surface area contributed by atoms with E-state index in [9.17, 15) is 4.79 Å². The minimum absolute atomic E-state index is 0.0763. The van der Waals surface area contributed by atoms with Crippen molar-refractivity contribution in [1.82, 2.24) is 5.16 Å². The lowest BCUT2D eigenvalue weighted by Gasteiger charge is -2.12. The first-order valence-electron chi connectivity index (χ1n) is 7.87. The van der Waals surface area contributed by atoms with Crippen LogP contribution in [0.2, 0.25) is 0 Å². The van der Waals surface area contributed by atoms with Crippen LogP contribution in [0.1, 0.15) is 45.4 Å². The van der Waals surface area contributed by atoms with Gasteiger partial charge >= 0.3 is 0 Å². The molecule has 0 bridgehead atoms. The third-order valence-corrected chi connectivity index (χ3v) is 3.39. The fourth-order valence-corrected chi connectivity index (χ4v) is 2.07. The molecule has 0 saturated heterocycles. The predicted octanol–water partition coefficient (Wildman–Crippen LogP) is 3.94. The first-order valence-corrected chi connectivity index (χ1v) is 7.87. The van der Waals surface area contributed by atoms with Gasteiger partial charge in [0.15, 0.2) is 5.82 Å². The van der Waals surface area contributed by atoms with E-state index >= 15 is 0 Å². The van der Waals surface area contributed by atoms with Gasteiger partial charge in [-0.25, -0.2) is 0 Å². The van der Waals surface area contributed by atoms with Crippen molar-refractivity contribution in [2.45, 2.75) is 46.0 Å². The summed E-state index contributed by atoms with van der Waals surface area (Å²) in [6, 6.07) is 9.57. The lowest BCUT2D eigenvalue weighted by atomic mass is 9.93. The largest absolute Gasteiger partial charge is 0.494 e. The predicted molar refractivity (Wildman–Crippen MR) is 89.8 cm³/mol. The van der Waals surface area contributed by atoms with Crippen LogP contribution in [-0.4, -0.2) is 17.7 Å². The van der Waals surface area contributed by atoms with Gasteiger partial charge in [-0.3, -0.25) is 4.79 Å². The van der Waals surface area contributed by atoms with Crippen molar-refractivity contribution in [3.8, 4) is 5.75 Å². The molecule has 124 valence electrons. The van der Waals surface area contributed by atoms with Gasteiger partial charge in [0.1, 0.15) is 11.5 Å². The number of benzene rings is 1. The Bertz CT molecular complexity index is 639. The Morgan fingerprint density at radius 1 is 1.26 bits per heavy atom. The monoisotopic (exact) mass is 316 g/mol. The molecule has 0 fully saturated rings. The minimum Gasteiger partial charge on any atom is -0.494 e. The Morgan fingerprint density at radius 2 is 1.96 bits per heavy atom. The fourth-order valence-electron chi connectivity index (χ4n) is 2.07. The molecular weight excluding hydrogens is 292 g/mol. The Kier molecular flexibility index (Phi) is 5.42. The molecule has 5 heteroatoms. The summed E-state index contributed by atoms with van der Waals surface area (Å²) in [5.74, 6) is 1.98. The van der Waals surface area contributed by atoms with Crippen molar-refractivity contribution in [2.24, 2.45) is 0 Å². The highest BCUT2D eigenvalue weighted by Gasteiger charge is 2.20. The summed E-state index contributed by atoms with van der Waals surface area (Å²) in [4.78, 5) is 12.0. The summed E-state index contributed by atoms with van der Waals surface area (Å²) >= 11 is 0. The van der Waals surface area contributed by atoms with Gasteiger partial charge in [-0.2, -0.15) is 0 Å². The first-order chi connectivity index (χ1) is 10.9. The van der Waals surface area contributed by atoms with Gasteiger partial charge < -0.3 is 14.6 Å². The number of anilines is 1. The third-order valence-electron chi connectivity index (χ3n) is 3.39. The zero-order chi connectivity index (χ0) is 16.9. The number of nitrogens with one attached hydrogen (secondary N) is 1. The first kappa shape index (κ1) is 17.1. The number of aryl methyl sites for hydroxylation is 1. The zero-order valence-corrected chi connectivity index (χ0v) is 14.2. The normalized spacial score (nSPS) is 11.3. The molecule has 0 unspecified atom stereocenters. The van der Waals surface area contributed by atoms with Crippen LogP contribution in [0.4, 0.5) is 5.82 Å². The topological polar surface area (TPSA) is 64.4 Å². The second kappa shape index (κ2) is 7.31. The molecule has 0 spiro atoms. The van der Waals surface area contributed by atoms with Crippen molar-refractivity contribution in [3.63, 3.8) is 0 Å². The van der Waals surface area contributed by atoms with E-state index in [-0.39, 0.29) is 11.3 Å². The van der Waals surface area contributed by atoms with Crippen LogP contribution in [0, 0.1) is 0 Å². The quantitative estimate of drug-likeness (QED) is 0.876. The lowest BCUT2D eigenvalue weighted by Crippen LogP contribution is -2.13. The van der Waals surface area contributed by atoms with E-state index in [0.29, 0.717) is 25.3 Å². The van der Waals surface area contributed by atoms with E-state index < -0.39 is 0 Å². The Hall–Kier alpha value is -2.30. The van der Waals surface area contributed by atoms with Crippen molar-refractivity contribution in [3.05, 3.63) is 41.7 Å². The molecule has 1 heterocycles. The second-order valence-corrected chi connectivity index (χ2v) is 6.45. The Morgan fingerprint density at radius 3 is 2.52 bits per heavy atom. The molecule has 2 aromatic rings. The van der Waals surface area contributed by atoms with Gasteiger partial charge in [-0.1, -0.05) is 38.1 Å². The van der Waals surface area contributed by atoms with Crippen LogP contribution in [0.5, 0.6) is 5.75 Å². The summed E-state index contributed by atoms with van der Waals surface area (Å²) in [6.45, 7) is 8.70. The SMILES string of the molecule is CCOc1ccc(CCC(=O)Nc2cc(C(C)(C)C)on2)cc1. The maximum absolute atomic E-state index is 12.0. The van der Waals surface area contributed by atoms with E-state index in [1.807, 2.05) is 52.0 Å². The van der Waals surface area contributed by atoms with Gasteiger partial charge in [0.25, 0.3) is 0 Å². The van der Waals surface area contributed by atoms with Crippen LogP contribution in [-0.2, 0) is 16.6 Å². The number of aromatic nitrogens is 1. The van der Waals surface area contributed by atoms with Gasteiger partial charge in [0.2, 0.25) is 5.91 Å². The molecule has 0 atom stereocenters. The summed E-state index contributed by atoms with van der Waals surface area (Å²) in [5, 5.41) is 6.65. The van der Waals surface area contributed by atoms with Gasteiger partial charge in [-0.15, -0.1) is 0 Å². The summed E-state index contributed by atoms with van der Waals surface area (Å²) in [7, 11) is 0. The van der Waals surface area contributed by atoms with Crippen molar-refractivity contribution in [2.75, 3.05) is 11.9 Å².